The number of ether oxygens (including phenoxy) is 1. The molecular weight excluding hydrogens is 348 g/mol. The van der Waals surface area contributed by atoms with Crippen LogP contribution in [0.5, 0.6) is 0 Å². The van der Waals surface area contributed by atoms with Crippen molar-refractivity contribution in [3.63, 3.8) is 0 Å². The standard InChI is InChI=1S/C20H18N2O3S/c1-25-13-14-6-4-7-15(12-14)21-19(23)16-8-2-3-9-17(16)22-20(24)18-10-5-11-26-18/h2-12H,13H2,1H3,(H,21,23)(H,22,24). The third-order valence-electron chi connectivity index (χ3n) is 3.66. The molecule has 1 heterocycles. The molecule has 0 fully saturated rings. The molecule has 0 radical (unpaired) electrons. The molecule has 0 aliphatic rings. The van der Waals surface area contributed by atoms with Crippen LogP contribution in [-0.2, 0) is 11.3 Å². The van der Waals surface area contributed by atoms with E-state index in [1.807, 2.05) is 35.7 Å². The lowest BCUT2D eigenvalue weighted by Gasteiger charge is -2.11. The van der Waals surface area contributed by atoms with Gasteiger partial charge in [0.2, 0.25) is 0 Å². The van der Waals surface area contributed by atoms with Crippen molar-refractivity contribution in [2.75, 3.05) is 17.7 Å². The normalized spacial score (nSPS) is 10.3. The van der Waals surface area contributed by atoms with Crippen LogP contribution in [0.15, 0.2) is 66.0 Å². The zero-order valence-corrected chi connectivity index (χ0v) is 15.0. The maximum Gasteiger partial charge on any atom is 0.265 e. The molecular formula is C20H18N2O3S. The first-order chi connectivity index (χ1) is 12.7. The van der Waals surface area contributed by atoms with Gasteiger partial charge in [0.25, 0.3) is 11.8 Å². The number of hydrogen-bond donors (Lipinski definition) is 2. The Bertz CT molecular complexity index is 907. The van der Waals surface area contributed by atoms with E-state index in [1.165, 1.54) is 11.3 Å². The van der Waals surface area contributed by atoms with Crippen LogP contribution in [0.2, 0.25) is 0 Å². The highest BCUT2D eigenvalue weighted by atomic mass is 32.1. The Kier molecular flexibility index (Phi) is 5.78. The zero-order chi connectivity index (χ0) is 18.4. The first-order valence-corrected chi connectivity index (χ1v) is 8.88. The lowest BCUT2D eigenvalue weighted by atomic mass is 10.1. The van der Waals surface area contributed by atoms with Crippen molar-refractivity contribution in [1.82, 2.24) is 0 Å². The van der Waals surface area contributed by atoms with Crippen LogP contribution in [0.25, 0.3) is 0 Å². The van der Waals surface area contributed by atoms with Crippen LogP contribution in [-0.4, -0.2) is 18.9 Å². The fourth-order valence-electron chi connectivity index (χ4n) is 2.49. The number of hydrogen-bond acceptors (Lipinski definition) is 4. The van der Waals surface area contributed by atoms with Crippen molar-refractivity contribution in [3.8, 4) is 0 Å². The number of amides is 2. The summed E-state index contributed by atoms with van der Waals surface area (Å²) in [7, 11) is 1.62. The molecule has 0 aliphatic heterocycles. The lowest BCUT2D eigenvalue weighted by molar-refractivity contribution is 0.102. The van der Waals surface area contributed by atoms with Gasteiger partial charge in [-0.25, -0.2) is 0 Å². The van der Waals surface area contributed by atoms with E-state index in [2.05, 4.69) is 10.6 Å². The molecule has 0 saturated carbocycles. The third-order valence-corrected chi connectivity index (χ3v) is 4.53. The summed E-state index contributed by atoms with van der Waals surface area (Å²) in [6.07, 6.45) is 0. The Balaban J connectivity index is 1.77. The summed E-state index contributed by atoms with van der Waals surface area (Å²) in [5, 5.41) is 7.50. The number of rotatable bonds is 6. The topological polar surface area (TPSA) is 67.4 Å². The number of anilines is 2. The SMILES string of the molecule is COCc1cccc(NC(=O)c2ccccc2NC(=O)c2cccs2)c1. The van der Waals surface area contributed by atoms with Gasteiger partial charge in [-0.2, -0.15) is 0 Å². The van der Waals surface area contributed by atoms with Crippen LogP contribution >= 0.6 is 11.3 Å². The third kappa shape index (κ3) is 4.36. The van der Waals surface area contributed by atoms with Gasteiger partial charge in [-0.15, -0.1) is 11.3 Å². The fourth-order valence-corrected chi connectivity index (χ4v) is 3.10. The minimum Gasteiger partial charge on any atom is -0.380 e. The fraction of sp³-hybridized carbons (Fsp3) is 0.100. The summed E-state index contributed by atoms with van der Waals surface area (Å²) in [5.41, 5.74) is 2.50. The quantitative estimate of drug-likeness (QED) is 0.679. The molecule has 2 aromatic carbocycles. The first kappa shape index (κ1) is 17.8. The van der Waals surface area contributed by atoms with Gasteiger partial charge >= 0.3 is 0 Å². The number of benzene rings is 2. The van der Waals surface area contributed by atoms with E-state index in [1.54, 1.807) is 37.4 Å². The van der Waals surface area contributed by atoms with Gasteiger partial charge in [-0.1, -0.05) is 30.3 Å². The van der Waals surface area contributed by atoms with Crippen LogP contribution in [0, 0.1) is 0 Å². The number of methoxy groups -OCH3 is 1. The summed E-state index contributed by atoms with van der Waals surface area (Å²) < 4.78 is 5.11. The number of carbonyl (C=O) groups excluding carboxylic acids is 2. The molecule has 0 spiro atoms. The predicted molar refractivity (Wildman–Crippen MR) is 104 cm³/mol. The maximum atomic E-state index is 12.7. The van der Waals surface area contributed by atoms with Gasteiger partial charge < -0.3 is 15.4 Å². The number of para-hydroxylation sites is 1. The van der Waals surface area contributed by atoms with Crippen molar-refractivity contribution in [2.45, 2.75) is 6.61 Å². The van der Waals surface area contributed by atoms with Gasteiger partial charge in [-0.3, -0.25) is 9.59 Å². The average Bonchev–Trinajstić information content (AvgIpc) is 3.17. The molecule has 26 heavy (non-hydrogen) atoms. The van der Waals surface area contributed by atoms with Crippen LogP contribution in [0.3, 0.4) is 0 Å². The summed E-state index contributed by atoms with van der Waals surface area (Å²) in [5.74, 6) is -0.524. The number of nitrogens with one attached hydrogen (secondary N) is 2. The van der Waals surface area contributed by atoms with Gasteiger partial charge in [0.15, 0.2) is 0 Å². The van der Waals surface area contributed by atoms with Crippen molar-refractivity contribution < 1.29 is 14.3 Å². The Morgan fingerprint density at radius 1 is 0.962 bits per heavy atom. The summed E-state index contributed by atoms with van der Waals surface area (Å²) in [6.45, 7) is 0.469. The summed E-state index contributed by atoms with van der Waals surface area (Å²) in [6, 6.07) is 17.9. The largest absolute Gasteiger partial charge is 0.380 e. The van der Waals surface area contributed by atoms with Crippen molar-refractivity contribution in [1.29, 1.82) is 0 Å². The van der Waals surface area contributed by atoms with E-state index in [-0.39, 0.29) is 11.8 Å². The van der Waals surface area contributed by atoms with E-state index in [0.717, 1.165) is 5.56 Å². The molecule has 1 aromatic heterocycles. The van der Waals surface area contributed by atoms with Crippen LogP contribution in [0.1, 0.15) is 25.6 Å². The molecule has 0 unspecified atom stereocenters. The molecule has 0 aliphatic carbocycles. The van der Waals surface area contributed by atoms with Crippen LogP contribution < -0.4 is 10.6 Å². The molecule has 5 nitrogen and oxygen atoms in total. The summed E-state index contributed by atoms with van der Waals surface area (Å²) in [4.78, 5) is 25.5. The Morgan fingerprint density at radius 2 is 1.81 bits per heavy atom. The Hall–Kier alpha value is -2.96. The second kappa shape index (κ2) is 8.42. The highest BCUT2D eigenvalue weighted by Gasteiger charge is 2.15. The van der Waals surface area contributed by atoms with E-state index < -0.39 is 0 Å². The molecule has 0 atom stereocenters. The number of thiophene rings is 1. The van der Waals surface area contributed by atoms with E-state index in [0.29, 0.717) is 28.4 Å². The second-order valence-corrected chi connectivity index (χ2v) is 6.51. The van der Waals surface area contributed by atoms with Crippen LogP contribution in [0.4, 0.5) is 11.4 Å². The van der Waals surface area contributed by atoms with Gasteiger partial charge in [0.1, 0.15) is 0 Å². The van der Waals surface area contributed by atoms with Crippen molar-refractivity contribution in [3.05, 3.63) is 82.0 Å². The molecule has 6 heteroatoms. The molecule has 0 saturated heterocycles. The van der Waals surface area contributed by atoms with Crippen molar-refractivity contribution in [2.24, 2.45) is 0 Å². The second-order valence-electron chi connectivity index (χ2n) is 5.56. The number of carbonyl (C=O) groups is 2. The lowest BCUT2D eigenvalue weighted by Crippen LogP contribution is -2.17. The molecule has 0 bridgehead atoms. The molecule has 3 rings (SSSR count). The first-order valence-electron chi connectivity index (χ1n) is 8.00. The smallest absolute Gasteiger partial charge is 0.265 e. The zero-order valence-electron chi connectivity index (χ0n) is 14.2. The van der Waals surface area contributed by atoms with Gasteiger partial charge in [-0.05, 0) is 41.3 Å². The Labute approximate surface area is 155 Å². The predicted octanol–water partition coefficient (Wildman–Crippen LogP) is 4.40. The van der Waals surface area contributed by atoms with E-state index in [4.69, 9.17) is 4.74 Å². The molecule has 3 aromatic rings. The van der Waals surface area contributed by atoms with Gasteiger partial charge in [0.05, 0.1) is 22.7 Å². The van der Waals surface area contributed by atoms with Gasteiger partial charge in [0, 0.05) is 12.8 Å². The molecule has 2 N–H and O–H groups in total. The minimum absolute atomic E-state index is 0.234. The van der Waals surface area contributed by atoms with Crippen molar-refractivity contribution >= 4 is 34.5 Å². The summed E-state index contributed by atoms with van der Waals surface area (Å²) >= 11 is 1.35. The minimum atomic E-state index is -0.290. The monoisotopic (exact) mass is 366 g/mol. The molecule has 132 valence electrons. The average molecular weight is 366 g/mol. The molecule has 2 amide bonds. The van der Waals surface area contributed by atoms with E-state index >= 15 is 0 Å². The Morgan fingerprint density at radius 3 is 2.58 bits per heavy atom. The highest BCUT2D eigenvalue weighted by Crippen LogP contribution is 2.20. The maximum absolute atomic E-state index is 12.7. The highest BCUT2D eigenvalue weighted by molar-refractivity contribution is 7.12. The van der Waals surface area contributed by atoms with E-state index in [9.17, 15) is 9.59 Å².